The van der Waals surface area contributed by atoms with Crippen LogP contribution >= 0.6 is 12.4 Å². The molecule has 0 atom stereocenters. The van der Waals surface area contributed by atoms with Gasteiger partial charge in [0, 0.05) is 25.3 Å². The summed E-state index contributed by atoms with van der Waals surface area (Å²) in [7, 11) is 0. The zero-order valence-electron chi connectivity index (χ0n) is 14.4. The first-order valence-corrected chi connectivity index (χ1v) is 8.81. The van der Waals surface area contributed by atoms with Crippen molar-refractivity contribution in [3.05, 3.63) is 35.4 Å². The summed E-state index contributed by atoms with van der Waals surface area (Å²) in [4.78, 5) is 13.2. The Bertz CT molecular complexity index is 533. The Hall–Kier alpha value is -1.10. The van der Waals surface area contributed by atoms with Crippen molar-refractivity contribution >= 4 is 18.3 Å². The molecule has 1 heterocycles. The number of nitrogens with one attached hydrogen (secondary N) is 1. The number of halogens is 1. The van der Waals surface area contributed by atoms with Gasteiger partial charge in [-0.25, -0.2) is 0 Å². The Morgan fingerprint density at radius 3 is 2.29 bits per heavy atom. The lowest BCUT2D eigenvalue weighted by atomic mass is 9.73. The molecule has 1 aromatic carbocycles. The number of benzene rings is 1. The molecule has 1 aliphatic heterocycles. The van der Waals surface area contributed by atoms with Gasteiger partial charge < -0.3 is 15.8 Å². The van der Waals surface area contributed by atoms with Crippen LogP contribution in [0.1, 0.15) is 49.7 Å². The summed E-state index contributed by atoms with van der Waals surface area (Å²) in [6.07, 6.45) is 5.51. The molecule has 0 unspecified atom stereocenters. The highest BCUT2D eigenvalue weighted by Gasteiger charge is 2.42. The Labute approximate surface area is 150 Å². The third-order valence-corrected chi connectivity index (χ3v) is 5.49. The van der Waals surface area contributed by atoms with Crippen LogP contribution in [-0.4, -0.2) is 31.2 Å². The van der Waals surface area contributed by atoms with Crippen molar-refractivity contribution in [2.45, 2.75) is 62.9 Å². The number of nitrogens with two attached hydrogens (primary N) is 1. The molecule has 2 fully saturated rings. The minimum atomic E-state index is -0.439. The molecule has 134 valence electrons. The number of carbonyl (C=O) groups is 1. The van der Waals surface area contributed by atoms with Crippen molar-refractivity contribution in [3.63, 3.8) is 0 Å². The maximum Gasteiger partial charge on any atom is 0.231 e. The van der Waals surface area contributed by atoms with Gasteiger partial charge in [-0.15, -0.1) is 12.4 Å². The minimum Gasteiger partial charge on any atom is -0.381 e. The fourth-order valence-corrected chi connectivity index (χ4v) is 3.83. The molecule has 1 aromatic rings. The van der Waals surface area contributed by atoms with Crippen LogP contribution in [0.2, 0.25) is 0 Å². The maximum atomic E-state index is 13.2. The van der Waals surface area contributed by atoms with Crippen molar-refractivity contribution in [1.82, 2.24) is 5.32 Å². The average Bonchev–Trinajstić information content (AvgIpc) is 2.58. The first-order valence-electron chi connectivity index (χ1n) is 8.81. The van der Waals surface area contributed by atoms with Crippen LogP contribution in [0.4, 0.5) is 0 Å². The second kappa shape index (κ2) is 8.32. The van der Waals surface area contributed by atoms with Crippen LogP contribution in [-0.2, 0) is 14.9 Å². The van der Waals surface area contributed by atoms with Gasteiger partial charge in [-0.05, 0) is 51.0 Å². The normalized spacial score (nSPS) is 26.2. The highest BCUT2D eigenvalue weighted by atomic mass is 35.5. The molecule has 2 aliphatic rings. The molecule has 1 saturated heterocycles. The highest BCUT2D eigenvalue weighted by Crippen LogP contribution is 2.36. The average molecular weight is 353 g/mol. The summed E-state index contributed by atoms with van der Waals surface area (Å²) in [5.74, 6) is 0.171. The van der Waals surface area contributed by atoms with Gasteiger partial charge in [0.15, 0.2) is 0 Å². The lowest BCUT2D eigenvalue weighted by molar-refractivity contribution is -0.131. The second-order valence-electron chi connectivity index (χ2n) is 7.15. The van der Waals surface area contributed by atoms with Gasteiger partial charge in [-0.3, -0.25) is 4.79 Å². The van der Waals surface area contributed by atoms with Crippen LogP contribution in [0.5, 0.6) is 0 Å². The number of aryl methyl sites for hydroxylation is 1. The number of carbonyl (C=O) groups excluding carboxylic acids is 1. The lowest BCUT2D eigenvalue weighted by Crippen LogP contribution is -2.52. The molecule has 4 nitrogen and oxygen atoms in total. The molecule has 0 bridgehead atoms. The number of amides is 1. The molecule has 0 radical (unpaired) electrons. The van der Waals surface area contributed by atoms with E-state index in [4.69, 9.17) is 10.5 Å². The Balaban J connectivity index is 0.00000208. The third-order valence-electron chi connectivity index (χ3n) is 5.49. The number of hydrogen-bond acceptors (Lipinski definition) is 3. The number of hydrogen-bond donors (Lipinski definition) is 2. The van der Waals surface area contributed by atoms with Gasteiger partial charge in [-0.1, -0.05) is 29.8 Å². The van der Waals surface area contributed by atoms with Crippen molar-refractivity contribution < 1.29 is 9.53 Å². The van der Waals surface area contributed by atoms with Gasteiger partial charge in [0.05, 0.1) is 5.41 Å². The van der Waals surface area contributed by atoms with E-state index in [0.29, 0.717) is 19.3 Å². The summed E-state index contributed by atoms with van der Waals surface area (Å²) in [5, 5.41) is 3.31. The topological polar surface area (TPSA) is 64.4 Å². The molecule has 3 N–H and O–H groups in total. The maximum absolute atomic E-state index is 13.2. The van der Waals surface area contributed by atoms with Crippen molar-refractivity contribution in [2.24, 2.45) is 5.73 Å². The van der Waals surface area contributed by atoms with Crippen LogP contribution in [0.25, 0.3) is 0 Å². The standard InChI is InChI=1S/C19H28N2O2.ClH/c1-14-2-4-15(5-3-14)19(10-12-23-13-11-19)18(22)21-17-8-6-16(20)7-9-17;/h2-5,16-17H,6-13,20H2,1H3,(H,21,22);1H. The van der Waals surface area contributed by atoms with Crippen molar-refractivity contribution in [3.8, 4) is 0 Å². The lowest BCUT2D eigenvalue weighted by Gasteiger charge is -2.38. The summed E-state index contributed by atoms with van der Waals surface area (Å²) >= 11 is 0. The Kier molecular flexibility index (Phi) is 6.67. The molecule has 1 amide bonds. The van der Waals surface area contributed by atoms with Crippen LogP contribution in [0.3, 0.4) is 0 Å². The van der Waals surface area contributed by atoms with E-state index in [1.165, 1.54) is 5.56 Å². The van der Waals surface area contributed by atoms with E-state index in [1.54, 1.807) is 0 Å². The van der Waals surface area contributed by atoms with Gasteiger partial charge in [0.2, 0.25) is 5.91 Å². The van der Waals surface area contributed by atoms with Crippen LogP contribution in [0.15, 0.2) is 24.3 Å². The SMILES string of the molecule is Cc1ccc(C2(C(=O)NC3CCC(N)CC3)CCOCC2)cc1.Cl. The molecule has 1 saturated carbocycles. The van der Waals surface area contributed by atoms with E-state index >= 15 is 0 Å². The number of rotatable bonds is 3. The summed E-state index contributed by atoms with van der Waals surface area (Å²) in [6.45, 7) is 3.37. The molecular formula is C19H29ClN2O2. The predicted molar refractivity (Wildman–Crippen MR) is 98.5 cm³/mol. The zero-order chi connectivity index (χ0) is 16.3. The molecule has 5 heteroatoms. The van der Waals surface area contributed by atoms with E-state index < -0.39 is 5.41 Å². The second-order valence-corrected chi connectivity index (χ2v) is 7.15. The van der Waals surface area contributed by atoms with Gasteiger partial charge in [0.1, 0.15) is 0 Å². The number of ether oxygens (including phenoxy) is 1. The molecule has 0 spiro atoms. The van der Waals surface area contributed by atoms with Gasteiger partial charge >= 0.3 is 0 Å². The third kappa shape index (κ3) is 4.11. The minimum absolute atomic E-state index is 0. The van der Waals surface area contributed by atoms with E-state index in [-0.39, 0.29) is 24.4 Å². The molecular weight excluding hydrogens is 324 g/mol. The summed E-state index contributed by atoms with van der Waals surface area (Å²) in [5.41, 5.74) is 7.88. The van der Waals surface area contributed by atoms with E-state index in [9.17, 15) is 4.79 Å². The molecule has 1 aliphatic carbocycles. The van der Waals surface area contributed by atoms with Crippen LogP contribution in [0, 0.1) is 6.92 Å². The first-order chi connectivity index (χ1) is 11.1. The van der Waals surface area contributed by atoms with Gasteiger partial charge in [0.25, 0.3) is 0 Å². The summed E-state index contributed by atoms with van der Waals surface area (Å²) in [6, 6.07) is 8.98. The van der Waals surface area contributed by atoms with E-state index in [1.807, 2.05) is 0 Å². The highest BCUT2D eigenvalue weighted by molar-refractivity contribution is 5.88. The predicted octanol–water partition coefficient (Wildman–Crippen LogP) is 2.85. The molecule has 24 heavy (non-hydrogen) atoms. The van der Waals surface area contributed by atoms with E-state index in [2.05, 4.69) is 36.5 Å². The molecule has 0 aromatic heterocycles. The van der Waals surface area contributed by atoms with Crippen molar-refractivity contribution in [1.29, 1.82) is 0 Å². The van der Waals surface area contributed by atoms with Crippen LogP contribution < -0.4 is 11.1 Å². The quantitative estimate of drug-likeness (QED) is 0.879. The molecule has 3 rings (SSSR count). The fourth-order valence-electron chi connectivity index (χ4n) is 3.83. The monoisotopic (exact) mass is 352 g/mol. The van der Waals surface area contributed by atoms with Gasteiger partial charge in [-0.2, -0.15) is 0 Å². The largest absolute Gasteiger partial charge is 0.381 e. The Morgan fingerprint density at radius 1 is 1.12 bits per heavy atom. The zero-order valence-corrected chi connectivity index (χ0v) is 15.2. The van der Waals surface area contributed by atoms with E-state index in [0.717, 1.165) is 44.1 Å². The summed E-state index contributed by atoms with van der Waals surface area (Å²) < 4.78 is 5.53. The Morgan fingerprint density at radius 2 is 1.71 bits per heavy atom. The smallest absolute Gasteiger partial charge is 0.231 e. The first kappa shape index (κ1) is 19.2. The fraction of sp³-hybridized carbons (Fsp3) is 0.632. The van der Waals surface area contributed by atoms with Crippen molar-refractivity contribution in [2.75, 3.05) is 13.2 Å².